The fourth-order valence-electron chi connectivity index (χ4n) is 2.39. The third-order valence-electron chi connectivity index (χ3n) is 3.74. The molecule has 1 aliphatic carbocycles. The molecule has 3 heteroatoms. The lowest BCUT2D eigenvalue weighted by Gasteiger charge is -2.12. The van der Waals surface area contributed by atoms with Crippen LogP contribution in [-0.4, -0.2) is 10.2 Å². The van der Waals surface area contributed by atoms with Crippen molar-refractivity contribution in [1.29, 1.82) is 0 Å². The molecule has 3 N–H and O–H groups in total. The molecule has 84 valence electrons. The summed E-state index contributed by atoms with van der Waals surface area (Å²) < 4.78 is 0. The summed E-state index contributed by atoms with van der Waals surface area (Å²) in [6, 6.07) is 0. The Morgan fingerprint density at radius 2 is 2.20 bits per heavy atom. The number of H-pyrrole nitrogens is 1. The van der Waals surface area contributed by atoms with Gasteiger partial charge in [0.05, 0.1) is 0 Å². The lowest BCUT2D eigenvalue weighted by Crippen LogP contribution is -2.09. The third kappa shape index (κ3) is 1.64. The van der Waals surface area contributed by atoms with Gasteiger partial charge in [-0.3, -0.25) is 5.10 Å². The van der Waals surface area contributed by atoms with Gasteiger partial charge in [0.1, 0.15) is 5.82 Å². The number of nitrogens with two attached hydrogens (primary N) is 1. The van der Waals surface area contributed by atoms with Gasteiger partial charge < -0.3 is 5.73 Å². The molecular formula is C12H21N3. The molecule has 2 unspecified atom stereocenters. The van der Waals surface area contributed by atoms with Gasteiger partial charge in [0, 0.05) is 16.7 Å². The maximum absolute atomic E-state index is 5.92. The zero-order chi connectivity index (χ0) is 11.2. The number of nitrogens with one attached hydrogen (secondary N) is 1. The summed E-state index contributed by atoms with van der Waals surface area (Å²) in [5, 5.41) is 7.30. The number of hydrogen-bond donors (Lipinski definition) is 2. The number of aromatic amines is 1. The molecule has 0 spiro atoms. The van der Waals surface area contributed by atoms with Gasteiger partial charge in [-0.2, -0.15) is 5.10 Å². The summed E-state index contributed by atoms with van der Waals surface area (Å²) in [7, 11) is 0. The van der Waals surface area contributed by atoms with Crippen LogP contribution in [0, 0.1) is 11.8 Å². The Balaban J connectivity index is 2.32. The van der Waals surface area contributed by atoms with E-state index in [9.17, 15) is 0 Å². The van der Waals surface area contributed by atoms with Crippen LogP contribution in [0.5, 0.6) is 0 Å². The molecule has 0 radical (unpaired) electrons. The molecule has 2 rings (SSSR count). The normalized spacial score (nSPS) is 29.8. The molecule has 2 atom stereocenters. The Bertz CT molecular complexity index is 367. The first kappa shape index (κ1) is 10.5. The number of aromatic nitrogens is 2. The van der Waals surface area contributed by atoms with Crippen LogP contribution in [0.1, 0.15) is 45.4 Å². The Morgan fingerprint density at radius 3 is 2.67 bits per heavy atom. The van der Waals surface area contributed by atoms with Gasteiger partial charge in [-0.05, 0) is 24.7 Å². The van der Waals surface area contributed by atoms with Crippen LogP contribution < -0.4 is 5.73 Å². The number of hydrogen-bond acceptors (Lipinski definition) is 2. The standard InChI is InChI=1S/C12H21N3/c1-7(2)5-9-10(14-15-11(9)13)12(4)6-8(12)3/h7-8H,5-6H2,1-4H3,(H3,13,14,15). The van der Waals surface area contributed by atoms with Gasteiger partial charge in [-0.15, -0.1) is 0 Å². The highest BCUT2D eigenvalue weighted by atomic mass is 15.2. The summed E-state index contributed by atoms with van der Waals surface area (Å²) in [4.78, 5) is 0. The van der Waals surface area contributed by atoms with E-state index in [1.54, 1.807) is 0 Å². The number of nitrogens with zero attached hydrogens (tertiary/aromatic N) is 1. The van der Waals surface area contributed by atoms with Crippen molar-refractivity contribution in [2.24, 2.45) is 11.8 Å². The van der Waals surface area contributed by atoms with E-state index in [0.717, 1.165) is 12.3 Å². The fourth-order valence-corrected chi connectivity index (χ4v) is 2.39. The van der Waals surface area contributed by atoms with Crippen molar-refractivity contribution in [3.63, 3.8) is 0 Å². The lowest BCUT2D eigenvalue weighted by atomic mass is 9.93. The van der Waals surface area contributed by atoms with Gasteiger partial charge in [-0.25, -0.2) is 0 Å². The molecule has 0 amide bonds. The number of anilines is 1. The molecule has 1 saturated carbocycles. The third-order valence-corrected chi connectivity index (χ3v) is 3.74. The van der Waals surface area contributed by atoms with E-state index in [0.29, 0.717) is 17.2 Å². The maximum atomic E-state index is 5.92. The van der Waals surface area contributed by atoms with Crippen LogP contribution in [0.2, 0.25) is 0 Å². The molecule has 0 aliphatic heterocycles. The second-order valence-corrected chi connectivity index (χ2v) is 5.58. The van der Waals surface area contributed by atoms with Crippen molar-refractivity contribution in [1.82, 2.24) is 10.2 Å². The van der Waals surface area contributed by atoms with Crippen molar-refractivity contribution < 1.29 is 0 Å². The lowest BCUT2D eigenvalue weighted by molar-refractivity contribution is 0.617. The maximum Gasteiger partial charge on any atom is 0.148 e. The molecule has 15 heavy (non-hydrogen) atoms. The predicted octanol–water partition coefficient (Wildman–Crippen LogP) is 2.49. The van der Waals surface area contributed by atoms with Crippen molar-refractivity contribution in [3.8, 4) is 0 Å². The molecule has 1 aromatic rings. The minimum absolute atomic E-state index is 0.300. The molecule has 0 saturated heterocycles. The highest BCUT2D eigenvalue weighted by Gasteiger charge is 2.50. The first-order valence-corrected chi connectivity index (χ1v) is 5.78. The second kappa shape index (κ2) is 3.26. The molecule has 3 nitrogen and oxygen atoms in total. The topological polar surface area (TPSA) is 54.7 Å². The van der Waals surface area contributed by atoms with E-state index in [1.807, 2.05) is 0 Å². The first-order chi connectivity index (χ1) is 6.95. The van der Waals surface area contributed by atoms with E-state index < -0.39 is 0 Å². The Labute approximate surface area is 91.4 Å². The van der Waals surface area contributed by atoms with Gasteiger partial charge >= 0.3 is 0 Å². The van der Waals surface area contributed by atoms with Crippen LogP contribution in [0.25, 0.3) is 0 Å². The number of nitrogen functional groups attached to an aromatic ring is 1. The van der Waals surface area contributed by atoms with Crippen LogP contribution >= 0.6 is 0 Å². The highest BCUT2D eigenvalue weighted by molar-refractivity contribution is 5.47. The summed E-state index contributed by atoms with van der Waals surface area (Å²) in [6.07, 6.45) is 2.28. The average Bonchev–Trinajstić information content (AvgIpc) is 2.54. The molecule has 1 heterocycles. The summed E-state index contributed by atoms with van der Waals surface area (Å²) in [5.74, 6) is 2.07. The second-order valence-electron chi connectivity index (χ2n) is 5.58. The molecule has 1 aliphatic rings. The van der Waals surface area contributed by atoms with E-state index in [-0.39, 0.29) is 0 Å². The van der Waals surface area contributed by atoms with Gasteiger partial charge in [-0.1, -0.05) is 27.7 Å². The van der Waals surface area contributed by atoms with Gasteiger partial charge in [0.15, 0.2) is 0 Å². The molecule has 0 bridgehead atoms. The highest BCUT2D eigenvalue weighted by Crippen LogP contribution is 2.54. The summed E-state index contributed by atoms with van der Waals surface area (Å²) in [5.41, 5.74) is 8.74. The monoisotopic (exact) mass is 207 g/mol. The van der Waals surface area contributed by atoms with Crippen molar-refractivity contribution in [2.45, 2.75) is 46.0 Å². The SMILES string of the molecule is CC(C)Cc1c(N)n[nH]c1C1(C)CC1C. The van der Waals surface area contributed by atoms with Crippen LogP contribution in [-0.2, 0) is 11.8 Å². The van der Waals surface area contributed by atoms with Crippen LogP contribution in [0.4, 0.5) is 5.82 Å². The number of rotatable bonds is 3. The van der Waals surface area contributed by atoms with E-state index in [1.165, 1.54) is 17.7 Å². The van der Waals surface area contributed by atoms with E-state index in [4.69, 9.17) is 5.73 Å². The average molecular weight is 207 g/mol. The molecule has 1 fully saturated rings. The van der Waals surface area contributed by atoms with Crippen LogP contribution in [0.15, 0.2) is 0 Å². The zero-order valence-electron chi connectivity index (χ0n) is 10.1. The van der Waals surface area contributed by atoms with E-state index in [2.05, 4.69) is 37.9 Å². The zero-order valence-corrected chi connectivity index (χ0v) is 10.1. The predicted molar refractivity (Wildman–Crippen MR) is 62.7 cm³/mol. The summed E-state index contributed by atoms with van der Waals surface area (Å²) in [6.45, 7) is 9.02. The van der Waals surface area contributed by atoms with E-state index >= 15 is 0 Å². The molecular weight excluding hydrogens is 186 g/mol. The quantitative estimate of drug-likeness (QED) is 0.800. The fraction of sp³-hybridized carbons (Fsp3) is 0.750. The first-order valence-electron chi connectivity index (χ1n) is 5.78. The molecule has 0 aromatic carbocycles. The van der Waals surface area contributed by atoms with Gasteiger partial charge in [0.25, 0.3) is 0 Å². The van der Waals surface area contributed by atoms with Crippen molar-refractivity contribution in [3.05, 3.63) is 11.3 Å². The van der Waals surface area contributed by atoms with Crippen molar-refractivity contribution in [2.75, 3.05) is 5.73 Å². The summed E-state index contributed by atoms with van der Waals surface area (Å²) >= 11 is 0. The van der Waals surface area contributed by atoms with Crippen LogP contribution in [0.3, 0.4) is 0 Å². The Hall–Kier alpha value is -0.990. The van der Waals surface area contributed by atoms with Crippen molar-refractivity contribution >= 4 is 5.82 Å². The minimum atomic E-state index is 0.300. The smallest absolute Gasteiger partial charge is 0.148 e. The van der Waals surface area contributed by atoms with Gasteiger partial charge in [0.2, 0.25) is 0 Å². The Morgan fingerprint density at radius 1 is 1.60 bits per heavy atom. The Kier molecular flexibility index (Phi) is 2.28. The largest absolute Gasteiger partial charge is 0.382 e. The minimum Gasteiger partial charge on any atom is -0.382 e. The molecule has 1 aromatic heterocycles.